The van der Waals surface area contributed by atoms with Crippen molar-refractivity contribution in [2.75, 3.05) is 5.32 Å². The van der Waals surface area contributed by atoms with E-state index in [1.54, 1.807) is 6.92 Å². The number of carbonyl (C=O) groups excluding carboxylic acids is 1. The van der Waals surface area contributed by atoms with Crippen LogP contribution in [0.25, 0.3) is 0 Å². The predicted octanol–water partition coefficient (Wildman–Crippen LogP) is 4.17. The molecule has 6 heteroatoms. The maximum Gasteiger partial charge on any atom is 0.255 e. The molecule has 3 rings (SSSR count). The number of carbonyl (C=O) groups is 1. The zero-order valence-corrected chi connectivity index (χ0v) is 17.0. The smallest absolute Gasteiger partial charge is 0.255 e. The SMILES string of the molecule is Cc1cccc(C)c1NC(=O)Cc1c(C)nc(SCc2ccccc2)[nH]c1=O. The summed E-state index contributed by atoms with van der Waals surface area (Å²) in [7, 11) is 0. The number of hydrogen-bond donors (Lipinski definition) is 2. The first-order valence-electron chi connectivity index (χ1n) is 9.06. The molecule has 144 valence electrons. The highest BCUT2D eigenvalue weighted by atomic mass is 32.2. The Labute approximate surface area is 168 Å². The molecule has 5 nitrogen and oxygen atoms in total. The summed E-state index contributed by atoms with van der Waals surface area (Å²) in [5.41, 5.74) is 4.65. The van der Waals surface area contributed by atoms with Gasteiger partial charge < -0.3 is 10.3 Å². The van der Waals surface area contributed by atoms with Gasteiger partial charge in [0.2, 0.25) is 5.91 Å². The van der Waals surface area contributed by atoms with Crippen LogP contribution in [0.5, 0.6) is 0 Å². The number of para-hydroxylation sites is 1. The third kappa shape index (κ3) is 4.89. The van der Waals surface area contributed by atoms with Gasteiger partial charge in [0, 0.05) is 22.7 Å². The molecule has 0 aliphatic carbocycles. The molecule has 0 saturated carbocycles. The minimum atomic E-state index is -0.264. The van der Waals surface area contributed by atoms with Crippen LogP contribution in [0.1, 0.15) is 27.9 Å². The summed E-state index contributed by atoms with van der Waals surface area (Å²) in [6, 6.07) is 15.8. The largest absolute Gasteiger partial charge is 0.325 e. The zero-order valence-electron chi connectivity index (χ0n) is 16.2. The number of benzene rings is 2. The van der Waals surface area contributed by atoms with E-state index in [4.69, 9.17) is 0 Å². The van der Waals surface area contributed by atoms with Gasteiger partial charge in [0.15, 0.2) is 5.16 Å². The zero-order chi connectivity index (χ0) is 20.1. The highest BCUT2D eigenvalue weighted by Gasteiger charge is 2.14. The number of rotatable bonds is 6. The first kappa shape index (κ1) is 19.9. The Bertz CT molecular complexity index is 1030. The van der Waals surface area contributed by atoms with Gasteiger partial charge in [0.05, 0.1) is 6.42 Å². The Hall–Kier alpha value is -2.86. The molecule has 0 saturated heterocycles. The van der Waals surface area contributed by atoms with Crippen molar-refractivity contribution < 1.29 is 4.79 Å². The number of amides is 1. The van der Waals surface area contributed by atoms with E-state index >= 15 is 0 Å². The van der Waals surface area contributed by atoms with Crippen molar-refractivity contribution in [3.8, 4) is 0 Å². The molecule has 0 aliphatic heterocycles. The Morgan fingerprint density at radius 3 is 2.36 bits per heavy atom. The van der Waals surface area contributed by atoms with Crippen molar-refractivity contribution in [3.05, 3.63) is 86.8 Å². The summed E-state index contributed by atoms with van der Waals surface area (Å²) in [4.78, 5) is 32.3. The Kier molecular flexibility index (Phi) is 6.31. The second-order valence-corrected chi connectivity index (χ2v) is 7.67. The first-order chi connectivity index (χ1) is 13.4. The van der Waals surface area contributed by atoms with Crippen LogP contribution >= 0.6 is 11.8 Å². The van der Waals surface area contributed by atoms with E-state index in [0.29, 0.717) is 16.4 Å². The van der Waals surface area contributed by atoms with Crippen LogP contribution in [0, 0.1) is 20.8 Å². The minimum absolute atomic E-state index is 0.00836. The van der Waals surface area contributed by atoms with Crippen molar-refractivity contribution in [2.24, 2.45) is 0 Å². The van der Waals surface area contributed by atoms with Crippen LogP contribution in [0.3, 0.4) is 0 Å². The molecule has 1 aromatic heterocycles. The van der Waals surface area contributed by atoms with Gasteiger partial charge in [-0.1, -0.05) is 60.3 Å². The van der Waals surface area contributed by atoms with Gasteiger partial charge in [-0.2, -0.15) is 0 Å². The minimum Gasteiger partial charge on any atom is -0.325 e. The number of H-pyrrole nitrogens is 1. The maximum absolute atomic E-state index is 12.5. The number of aromatic amines is 1. The van der Waals surface area contributed by atoms with Crippen molar-refractivity contribution in [2.45, 2.75) is 38.1 Å². The van der Waals surface area contributed by atoms with E-state index in [9.17, 15) is 9.59 Å². The molecule has 0 bridgehead atoms. The summed E-state index contributed by atoms with van der Waals surface area (Å²) in [6.07, 6.45) is -0.00836. The van der Waals surface area contributed by atoms with Crippen LogP contribution in [-0.4, -0.2) is 15.9 Å². The maximum atomic E-state index is 12.5. The Morgan fingerprint density at radius 1 is 1.04 bits per heavy atom. The molecule has 1 amide bonds. The van der Waals surface area contributed by atoms with E-state index in [-0.39, 0.29) is 17.9 Å². The lowest BCUT2D eigenvalue weighted by molar-refractivity contribution is -0.115. The van der Waals surface area contributed by atoms with Crippen LogP contribution in [0.4, 0.5) is 5.69 Å². The summed E-state index contributed by atoms with van der Waals surface area (Å²) >= 11 is 1.47. The van der Waals surface area contributed by atoms with Gasteiger partial charge in [-0.3, -0.25) is 9.59 Å². The lowest BCUT2D eigenvalue weighted by Crippen LogP contribution is -2.24. The standard InChI is InChI=1S/C22H23N3O2S/c1-14-8-7-9-15(2)20(14)24-19(26)12-18-16(3)23-22(25-21(18)27)28-13-17-10-5-4-6-11-17/h4-11H,12-13H2,1-3H3,(H,24,26)(H,23,25,27). The molecule has 1 heterocycles. The van der Waals surface area contributed by atoms with E-state index in [1.165, 1.54) is 11.8 Å². The van der Waals surface area contributed by atoms with Gasteiger partial charge >= 0.3 is 0 Å². The van der Waals surface area contributed by atoms with E-state index in [1.807, 2.05) is 62.4 Å². The van der Waals surface area contributed by atoms with Crippen LogP contribution in [0.2, 0.25) is 0 Å². The number of aromatic nitrogens is 2. The Morgan fingerprint density at radius 2 is 1.71 bits per heavy atom. The lowest BCUT2D eigenvalue weighted by Gasteiger charge is -2.12. The lowest BCUT2D eigenvalue weighted by atomic mass is 10.1. The summed E-state index contributed by atoms with van der Waals surface area (Å²) in [6.45, 7) is 5.66. The highest BCUT2D eigenvalue weighted by Crippen LogP contribution is 2.21. The van der Waals surface area contributed by atoms with Crippen molar-refractivity contribution in [3.63, 3.8) is 0 Å². The van der Waals surface area contributed by atoms with Crippen molar-refractivity contribution >= 4 is 23.4 Å². The molecule has 2 N–H and O–H groups in total. The molecule has 3 aromatic rings. The highest BCUT2D eigenvalue weighted by molar-refractivity contribution is 7.98. The first-order valence-corrected chi connectivity index (χ1v) is 10.0. The van der Waals surface area contributed by atoms with Crippen molar-refractivity contribution in [1.82, 2.24) is 9.97 Å². The van der Waals surface area contributed by atoms with E-state index in [0.717, 1.165) is 28.1 Å². The van der Waals surface area contributed by atoms with Crippen LogP contribution < -0.4 is 10.9 Å². The fourth-order valence-corrected chi connectivity index (χ4v) is 3.81. The number of aryl methyl sites for hydroxylation is 3. The quantitative estimate of drug-likeness (QED) is 0.487. The molecule has 0 fully saturated rings. The molecular formula is C22H23N3O2S. The topological polar surface area (TPSA) is 74.8 Å². The van der Waals surface area contributed by atoms with Crippen LogP contribution in [-0.2, 0) is 17.0 Å². The summed E-state index contributed by atoms with van der Waals surface area (Å²) in [5.74, 6) is 0.493. The van der Waals surface area contributed by atoms with E-state index < -0.39 is 0 Å². The Balaban J connectivity index is 1.70. The third-order valence-electron chi connectivity index (χ3n) is 4.50. The fraction of sp³-hybridized carbons (Fsp3) is 0.227. The monoisotopic (exact) mass is 393 g/mol. The average molecular weight is 394 g/mol. The molecule has 2 aromatic carbocycles. The second-order valence-electron chi connectivity index (χ2n) is 6.70. The number of thioether (sulfide) groups is 1. The number of hydrogen-bond acceptors (Lipinski definition) is 4. The molecular weight excluding hydrogens is 370 g/mol. The molecule has 0 spiro atoms. The summed E-state index contributed by atoms with van der Waals surface area (Å²) < 4.78 is 0. The predicted molar refractivity (Wildman–Crippen MR) is 114 cm³/mol. The third-order valence-corrected chi connectivity index (χ3v) is 5.45. The van der Waals surface area contributed by atoms with Gasteiger partial charge in [0.25, 0.3) is 5.56 Å². The molecule has 0 unspecified atom stereocenters. The van der Waals surface area contributed by atoms with Crippen LogP contribution in [0.15, 0.2) is 58.5 Å². The molecule has 28 heavy (non-hydrogen) atoms. The van der Waals surface area contributed by atoms with Gasteiger partial charge in [-0.15, -0.1) is 0 Å². The van der Waals surface area contributed by atoms with E-state index in [2.05, 4.69) is 15.3 Å². The molecule has 0 aliphatic rings. The van der Waals surface area contributed by atoms with Crippen molar-refractivity contribution in [1.29, 1.82) is 0 Å². The van der Waals surface area contributed by atoms with Gasteiger partial charge in [-0.05, 0) is 37.5 Å². The second kappa shape index (κ2) is 8.89. The number of nitrogens with zero attached hydrogens (tertiary/aromatic N) is 1. The average Bonchev–Trinajstić information content (AvgIpc) is 2.67. The van der Waals surface area contributed by atoms with Gasteiger partial charge in [0.1, 0.15) is 0 Å². The van der Waals surface area contributed by atoms with Gasteiger partial charge in [-0.25, -0.2) is 4.98 Å². The molecule has 0 radical (unpaired) electrons. The fourth-order valence-electron chi connectivity index (χ4n) is 2.94. The number of nitrogens with one attached hydrogen (secondary N) is 2. The summed E-state index contributed by atoms with van der Waals surface area (Å²) in [5, 5.41) is 3.48. The normalized spacial score (nSPS) is 10.7. The number of anilines is 1. The molecule has 0 atom stereocenters.